The predicted octanol–water partition coefficient (Wildman–Crippen LogP) is 5.21. The number of esters is 1. The van der Waals surface area contributed by atoms with Gasteiger partial charge in [-0.05, 0) is 50.9 Å². The highest BCUT2D eigenvalue weighted by atomic mass is 16.5. The number of ketones is 2. The highest BCUT2D eigenvalue weighted by molar-refractivity contribution is 5.84. The number of allylic oxidation sites excluding steroid dienone is 4. The Morgan fingerprint density at radius 3 is 2.00 bits per heavy atom. The molecule has 4 nitrogen and oxygen atoms in total. The Kier molecular flexibility index (Phi) is 9.66. The fourth-order valence-electron chi connectivity index (χ4n) is 4.54. The summed E-state index contributed by atoms with van der Waals surface area (Å²) in [5, 5.41) is 0. The van der Waals surface area contributed by atoms with E-state index in [0.717, 1.165) is 44.9 Å². The Hall–Kier alpha value is -1.71. The second-order valence-electron chi connectivity index (χ2n) is 8.20. The number of rotatable bonds is 11. The van der Waals surface area contributed by atoms with Crippen molar-refractivity contribution in [1.29, 1.82) is 0 Å². The second-order valence-corrected chi connectivity index (χ2v) is 8.20. The number of carbonyl (C=O) groups is 3. The van der Waals surface area contributed by atoms with E-state index in [0.29, 0.717) is 43.4 Å². The van der Waals surface area contributed by atoms with E-state index in [1.165, 1.54) is 0 Å². The molecule has 156 valence electrons. The molecule has 0 N–H and O–H groups in total. The van der Waals surface area contributed by atoms with E-state index in [-0.39, 0.29) is 23.7 Å². The fraction of sp³-hybridized carbons (Fsp3) is 0.708. The molecule has 0 aromatic rings. The van der Waals surface area contributed by atoms with Gasteiger partial charge in [-0.1, -0.05) is 38.2 Å². The first-order chi connectivity index (χ1) is 13.6. The van der Waals surface area contributed by atoms with Crippen LogP contribution in [0.4, 0.5) is 0 Å². The van der Waals surface area contributed by atoms with E-state index < -0.39 is 0 Å². The lowest BCUT2D eigenvalue weighted by molar-refractivity contribution is -0.146. The summed E-state index contributed by atoms with van der Waals surface area (Å²) < 4.78 is 5.52. The van der Waals surface area contributed by atoms with Gasteiger partial charge in [0, 0.05) is 37.0 Å². The molecular weight excluding hydrogens is 352 g/mol. The number of carbonyl (C=O) groups excluding carboxylic acids is 3. The van der Waals surface area contributed by atoms with Gasteiger partial charge in [0.2, 0.25) is 0 Å². The van der Waals surface area contributed by atoms with Crippen molar-refractivity contribution in [2.45, 2.75) is 78.1 Å². The molecule has 2 fully saturated rings. The molecule has 0 radical (unpaired) electrons. The Balaban J connectivity index is 1.74. The van der Waals surface area contributed by atoms with Crippen LogP contribution in [0.25, 0.3) is 0 Å². The van der Waals surface area contributed by atoms with Crippen LogP contribution in [0.15, 0.2) is 24.3 Å². The first kappa shape index (κ1) is 22.6. The highest BCUT2D eigenvalue weighted by Crippen LogP contribution is 2.35. The van der Waals surface area contributed by atoms with Crippen molar-refractivity contribution >= 4 is 17.5 Å². The molecule has 4 heteroatoms. The average molecular weight is 389 g/mol. The summed E-state index contributed by atoms with van der Waals surface area (Å²) in [4.78, 5) is 36.4. The minimum Gasteiger partial charge on any atom is -0.465 e. The van der Waals surface area contributed by atoms with Gasteiger partial charge in [0.1, 0.15) is 11.6 Å². The summed E-state index contributed by atoms with van der Waals surface area (Å²) in [6, 6.07) is 0. The summed E-state index contributed by atoms with van der Waals surface area (Å²) >= 11 is 0. The lowest BCUT2D eigenvalue weighted by Gasteiger charge is -2.18. The molecule has 0 amide bonds. The van der Waals surface area contributed by atoms with Crippen LogP contribution < -0.4 is 0 Å². The SMILES string of the molecule is CC/C=C\CC1C(=O)CCC1CCC(=O)OCC1CCC(=O)C1C/C=C\CC. The van der Waals surface area contributed by atoms with Gasteiger partial charge < -0.3 is 4.74 Å². The summed E-state index contributed by atoms with van der Waals surface area (Å²) in [6.45, 7) is 4.51. The van der Waals surface area contributed by atoms with Crippen LogP contribution in [-0.2, 0) is 19.1 Å². The predicted molar refractivity (Wildman–Crippen MR) is 111 cm³/mol. The molecule has 0 bridgehead atoms. The molecule has 0 heterocycles. The van der Waals surface area contributed by atoms with Gasteiger partial charge >= 0.3 is 5.97 Å². The van der Waals surface area contributed by atoms with E-state index >= 15 is 0 Å². The van der Waals surface area contributed by atoms with E-state index in [1.807, 2.05) is 0 Å². The molecule has 0 aromatic heterocycles. The van der Waals surface area contributed by atoms with E-state index in [4.69, 9.17) is 4.74 Å². The van der Waals surface area contributed by atoms with Crippen molar-refractivity contribution in [3.05, 3.63) is 24.3 Å². The van der Waals surface area contributed by atoms with Crippen molar-refractivity contribution in [3.63, 3.8) is 0 Å². The van der Waals surface area contributed by atoms with Gasteiger partial charge in [-0.25, -0.2) is 0 Å². The summed E-state index contributed by atoms with van der Waals surface area (Å²) in [5.74, 6) is 0.959. The molecule has 4 atom stereocenters. The Labute approximate surface area is 169 Å². The maximum atomic E-state index is 12.2. The van der Waals surface area contributed by atoms with Gasteiger partial charge in [-0.15, -0.1) is 0 Å². The first-order valence-corrected chi connectivity index (χ1v) is 11.1. The maximum Gasteiger partial charge on any atom is 0.305 e. The van der Waals surface area contributed by atoms with Crippen LogP contribution in [0, 0.1) is 23.7 Å². The van der Waals surface area contributed by atoms with Crippen molar-refractivity contribution in [1.82, 2.24) is 0 Å². The Morgan fingerprint density at radius 2 is 1.43 bits per heavy atom. The smallest absolute Gasteiger partial charge is 0.305 e. The molecule has 0 saturated heterocycles. The topological polar surface area (TPSA) is 60.4 Å². The second kappa shape index (κ2) is 12.0. The highest BCUT2D eigenvalue weighted by Gasteiger charge is 2.35. The van der Waals surface area contributed by atoms with E-state index in [2.05, 4.69) is 38.2 Å². The van der Waals surface area contributed by atoms with Crippen molar-refractivity contribution in [2.24, 2.45) is 23.7 Å². The van der Waals surface area contributed by atoms with Crippen LogP contribution in [-0.4, -0.2) is 24.1 Å². The van der Waals surface area contributed by atoms with Crippen LogP contribution in [0.3, 0.4) is 0 Å². The molecule has 4 unspecified atom stereocenters. The largest absolute Gasteiger partial charge is 0.465 e. The van der Waals surface area contributed by atoms with Crippen LogP contribution in [0.5, 0.6) is 0 Å². The van der Waals surface area contributed by atoms with Gasteiger partial charge in [0.15, 0.2) is 0 Å². The minimum atomic E-state index is -0.190. The monoisotopic (exact) mass is 388 g/mol. The third-order valence-electron chi connectivity index (χ3n) is 6.25. The zero-order valence-corrected chi connectivity index (χ0v) is 17.5. The van der Waals surface area contributed by atoms with E-state index in [9.17, 15) is 14.4 Å². The molecule has 0 aliphatic heterocycles. The van der Waals surface area contributed by atoms with Crippen LogP contribution >= 0.6 is 0 Å². The molecule has 2 aliphatic rings. The van der Waals surface area contributed by atoms with Gasteiger partial charge in [-0.2, -0.15) is 0 Å². The standard InChI is InChI=1S/C24H36O4/c1-3-5-7-9-20-18(11-14-22(20)25)13-16-24(27)28-17-19-12-15-23(26)21(19)10-8-6-4-2/h5-8,18-21H,3-4,9-17H2,1-2H3/b7-5-,8-6-. The van der Waals surface area contributed by atoms with Gasteiger partial charge in [-0.3, -0.25) is 14.4 Å². The number of hydrogen-bond acceptors (Lipinski definition) is 4. The van der Waals surface area contributed by atoms with Gasteiger partial charge in [0.05, 0.1) is 6.61 Å². The minimum absolute atomic E-state index is 0.00205. The summed E-state index contributed by atoms with van der Waals surface area (Å²) in [6.07, 6.45) is 15.9. The fourth-order valence-corrected chi connectivity index (χ4v) is 4.54. The number of ether oxygens (including phenoxy) is 1. The van der Waals surface area contributed by atoms with Gasteiger partial charge in [0.25, 0.3) is 0 Å². The number of Topliss-reactive ketones (excluding diaryl/α,β-unsaturated/α-hetero) is 2. The zero-order chi connectivity index (χ0) is 20.4. The molecule has 0 aromatic carbocycles. The summed E-state index contributed by atoms with van der Waals surface area (Å²) in [7, 11) is 0. The zero-order valence-electron chi connectivity index (χ0n) is 17.5. The average Bonchev–Trinajstić information content (AvgIpc) is 3.22. The number of hydrogen-bond donors (Lipinski definition) is 0. The van der Waals surface area contributed by atoms with Crippen molar-refractivity contribution in [2.75, 3.05) is 6.61 Å². The lowest BCUT2D eigenvalue weighted by Crippen LogP contribution is -2.21. The Bertz CT molecular complexity index is 539. The van der Waals surface area contributed by atoms with Crippen molar-refractivity contribution in [3.8, 4) is 0 Å². The molecule has 2 aliphatic carbocycles. The maximum absolute atomic E-state index is 12.2. The van der Waals surface area contributed by atoms with Crippen LogP contribution in [0.2, 0.25) is 0 Å². The normalized spacial score (nSPS) is 28.1. The lowest BCUT2D eigenvalue weighted by atomic mass is 9.88. The Morgan fingerprint density at radius 1 is 0.893 bits per heavy atom. The molecular formula is C24H36O4. The van der Waals surface area contributed by atoms with Crippen molar-refractivity contribution < 1.29 is 19.1 Å². The third-order valence-corrected chi connectivity index (χ3v) is 6.25. The molecule has 2 rings (SSSR count). The molecule has 28 heavy (non-hydrogen) atoms. The quantitative estimate of drug-likeness (QED) is 0.360. The summed E-state index contributed by atoms with van der Waals surface area (Å²) in [5.41, 5.74) is 0. The molecule has 0 spiro atoms. The third kappa shape index (κ3) is 6.72. The van der Waals surface area contributed by atoms with Crippen LogP contribution in [0.1, 0.15) is 78.1 Å². The molecule has 2 saturated carbocycles. The first-order valence-electron chi connectivity index (χ1n) is 11.1. The van der Waals surface area contributed by atoms with E-state index in [1.54, 1.807) is 0 Å².